The van der Waals surface area contributed by atoms with Crippen LogP contribution < -0.4 is 10.2 Å². The zero-order valence-corrected chi connectivity index (χ0v) is 17.4. The van der Waals surface area contributed by atoms with Crippen LogP contribution in [0.15, 0.2) is 70.3 Å². The maximum absolute atomic E-state index is 12.4. The molecule has 0 radical (unpaired) electrons. The van der Waals surface area contributed by atoms with Crippen molar-refractivity contribution in [1.29, 1.82) is 0 Å². The first-order valence-corrected chi connectivity index (χ1v) is 10.0. The van der Waals surface area contributed by atoms with Gasteiger partial charge in [-0.3, -0.25) is 4.79 Å². The molecule has 3 rings (SSSR count). The van der Waals surface area contributed by atoms with E-state index in [1.807, 2.05) is 54.6 Å². The lowest BCUT2D eigenvalue weighted by atomic mass is 10.0. The van der Waals surface area contributed by atoms with Gasteiger partial charge < -0.3 is 15.0 Å². The number of hydrogen-bond donors (Lipinski definition) is 1. The van der Waals surface area contributed by atoms with Crippen LogP contribution in [0.3, 0.4) is 0 Å². The first-order chi connectivity index (χ1) is 13.6. The van der Waals surface area contributed by atoms with Crippen LogP contribution in [0.25, 0.3) is 0 Å². The Morgan fingerprint density at radius 3 is 2.50 bits per heavy atom. The van der Waals surface area contributed by atoms with Gasteiger partial charge in [-0.25, -0.2) is 4.79 Å². The van der Waals surface area contributed by atoms with Crippen LogP contribution in [0, 0.1) is 0 Å². The normalized spacial score (nSPS) is 14.0. The van der Waals surface area contributed by atoms with E-state index in [9.17, 15) is 9.59 Å². The molecule has 1 aliphatic heterocycles. The van der Waals surface area contributed by atoms with Crippen LogP contribution in [-0.2, 0) is 20.7 Å². The number of nitrogens with one attached hydrogen (secondary N) is 1. The number of rotatable bonds is 6. The predicted molar refractivity (Wildman–Crippen MR) is 113 cm³/mol. The summed E-state index contributed by atoms with van der Waals surface area (Å²) in [5.74, 6) is -0.490. The van der Waals surface area contributed by atoms with Crippen molar-refractivity contribution in [3.05, 3.63) is 75.9 Å². The summed E-state index contributed by atoms with van der Waals surface area (Å²) in [5.41, 5.74) is 3.32. The molecule has 0 spiro atoms. The van der Waals surface area contributed by atoms with Gasteiger partial charge in [-0.15, -0.1) is 0 Å². The molecule has 0 atom stereocenters. The highest BCUT2D eigenvalue weighted by Gasteiger charge is 2.25. The first-order valence-electron chi connectivity index (χ1n) is 9.21. The van der Waals surface area contributed by atoms with Gasteiger partial charge in [0.25, 0.3) is 0 Å². The summed E-state index contributed by atoms with van der Waals surface area (Å²) in [6.45, 7) is 1.14. The molecular formula is C22H23BrN2O3. The Morgan fingerprint density at radius 2 is 1.82 bits per heavy atom. The van der Waals surface area contributed by atoms with E-state index in [1.54, 1.807) is 0 Å². The van der Waals surface area contributed by atoms with E-state index in [4.69, 9.17) is 4.74 Å². The number of nitrogens with zero attached hydrogens (tertiary/aromatic N) is 1. The SMILES string of the molecule is COC(=O)C1=C(NC(=O)CCc2ccc(Br)cc2)CCN(c2ccccc2)C1. The molecule has 0 bridgehead atoms. The van der Waals surface area contributed by atoms with Gasteiger partial charge in [0.05, 0.1) is 19.2 Å². The number of esters is 1. The van der Waals surface area contributed by atoms with E-state index in [2.05, 4.69) is 26.1 Å². The highest BCUT2D eigenvalue weighted by molar-refractivity contribution is 9.10. The molecule has 0 unspecified atom stereocenters. The second-order valence-corrected chi connectivity index (χ2v) is 7.55. The summed E-state index contributed by atoms with van der Waals surface area (Å²) in [6.07, 6.45) is 1.60. The molecule has 2 aromatic carbocycles. The monoisotopic (exact) mass is 442 g/mol. The molecule has 1 amide bonds. The van der Waals surface area contributed by atoms with Crippen molar-refractivity contribution in [3.8, 4) is 0 Å². The molecule has 0 saturated carbocycles. The lowest BCUT2D eigenvalue weighted by Crippen LogP contribution is -2.39. The third-order valence-electron chi connectivity index (χ3n) is 4.74. The Labute approximate surface area is 173 Å². The van der Waals surface area contributed by atoms with Gasteiger partial charge in [0.2, 0.25) is 5.91 Å². The van der Waals surface area contributed by atoms with Gasteiger partial charge >= 0.3 is 5.97 Å². The maximum Gasteiger partial charge on any atom is 0.337 e. The molecule has 146 valence electrons. The van der Waals surface area contributed by atoms with E-state index in [0.29, 0.717) is 37.1 Å². The Kier molecular flexibility index (Phi) is 6.87. The molecule has 5 nitrogen and oxygen atoms in total. The highest BCUT2D eigenvalue weighted by Crippen LogP contribution is 2.23. The minimum Gasteiger partial charge on any atom is -0.466 e. The Morgan fingerprint density at radius 1 is 1.11 bits per heavy atom. The molecule has 1 aliphatic rings. The number of carbonyl (C=O) groups excluding carboxylic acids is 2. The highest BCUT2D eigenvalue weighted by atomic mass is 79.9. The number of methoxy groups -OCH3 is 1. The molecule has 0 aliphatic carbocycles. The maximum atomic E-state index is 12.4. The summed E-state index contributed by atoms with van der Waals surface area (Å²) >= 11 is 3.41. The second kappa shape index (κ2) is 9.55. The molecule has 0 aromatic heterocycles. The fraction of sp³-hybridized carbons (Fsp3) is 0.273. The third-order valence-corrected chi connectivity index (χ3v) is 5.27. The van der Waals surface area contributed by atoms with Gasteiger partial charge in [-0.2, -0.15) is 0 Å². The average molecular weight is 443 g/mol. The number of anilines is 1. The van der Waals surface area contributed by atoms with Gasteiger partial charge in [0.15, 0.2) is 0 Å². The molecule has 1 N–H and O–H groups in total. The van der Waals surface area contributed by atoms with Gasteiger partial charge in [0, 0.05) is 35.2 Å². The predicted octanol–water partition coefficient (Wildman–Crippen LogP) is 3.84. The lowest BCUT2D eigenvalue weighted by molar-refractivity contribution is -0.136. The molecule has 6 heteroatoms. The summed E-state index contributed by atoms with van der Waals surface area (Å²) in [7, 11) is 1.36. The lowest BCUT2D eigenvalue weighted by Gasteiger charge is -2.31. The number of hydrogen-bond acceptors (Lipinski definition) is 4. The number of aryl methyl sites for hydroxylation is 1. The number of para-hydroxylation sites is 1. The fourth-order valence-electron chi connectivity index (χ4n) is 3.21. The van der Waals surface area contributed by atoms with E-state index < -0.39 is 5.97 Å². The summed E-state index contributed by atoms with van der Waals surface area (Å²) < 4.78 is 5.96. The minimum absolute atomic E-state index is 0.0903. The number of amides is 1. The topological polar surface area (TPSA) is 58.6 Å². The number of carbonyl (C=O) groups is 2. The molecule has 2 aromatic rings. The van der Waals surface area contributed by atoms with Crippen molar-refractivity contribution in [2.75, 3.05) is 25.1 Å². The van der Waals surface area contributed by atoms with Crippen LogP contribution in [-0.4, -0.2) is 32.1 Å². The van der Waals surface area contributed by atoms with Crippen molar-refractivity contribution in [2.45, 2.75) is 19.3 Å². The van der Waals surface area contributed by atoms with E-state index >= 15 is 0 Å². The average Bonchev–Trinajstić information content (AvgIpc) is 2.73. The molecule has 0 fully saturated rings. The number of benzene rings is 2. The van der Waals surface area contributed by atoms with E-state index in [-0.39, 0.29) is 5.91 Å². The van der Waals surface area contributed by atoms with Gasteiger partial charge in [-0.05, 0) is 36.2 Å². The fourth-order valence-corrected chi connectivity index (χ4v) is 3.48. The molecule has 28 heavy (non-hydrogen) atoms. The quantitative estimate of drug-likeness (QED) is 0.690. The van der Waals surface area contributed by atoms with E-state index in [0.717, 1.165) is 22.3 Å². The van der Waals surface area contributed by atoms with Crippen LogP contribution in [0.2, 0.25) is 0 Å². The van der Waals surface area contributed by atoms with Crippen molar-refractivity contribution in [2.24, 2.45) is 0 Å². The summed E-state index contributed by atoms with van der Waals surface area (Å²) in [5, 5.41) is 2.94. The van der Waals surface area contributed by atoms with Crippen molar-refractivity contribution < 1.29 is 14.3 Å². The van der Waals surface area contributed by atoms with Crippen LogP contribution >= 0.6 is 15.9 Å². The molecule has 1 heterocycles. The van der Waals surface area contributed by atoms with Gasteiger partial charge in [-0.1, -0.05) is 46.3 Å². The molecular weight excluding hydrogens is 420 g/mol. The summed E-state index contributed by atoms with van der Waals surface area (Å²) in [4.78, 5) is 26.8. The van der Waals surface area contributed by atoms with Crippen molar-refractivity contribution >= 4 is 33.5 Å². The molecule has 0 saturated heterocycles. The van der Waals surface area contributed by atoms with Gasteiger partial charge in [0.1, 0.15) is 0 Å². The zero-order valence-electron chi connectivity index (χ0n) is 15.8. The van der Waals surface area contributed by atoms with Crippen LogP contribution in [0.5, 0.6) is 0 Å². The summed E-state index contributed by atoms with van der Waals surface area (Å²) in [6, 6.07) is 17.8. The minimum atomic E-state index is -0.399. The second-order valence-electron chi connectivity index (χ2n) is 6.63. The Balaban J connectivity index is 1.67. The van der Waals surface area contributed by atoms with Crippen molar-refractivity contribution in [1.82, 2.24) is 5.32 Å². The van der Waals surface area contributed by atoms with Crippen molar-refractivity contribution in [3.63, 3.8) is 0 Å². The number of ether oxygens (including phenoxy) is 1. The zero-order chi connectivity index (χ0) is 19.9. The first kappa shape index (κ1) is 20.1. The van der Waals surface area contributed by atoms with Crippen LogP contribution in [0.1, 0.15) is 18.4 Å². The third kappa shape index (κ3) is 5.23. The Hall–Kier alpha value is -2.60. The van der Waals surface area contributed by atoms with Crippen LogP contribution in [0.4, 0.5) is 5.69 Å². The Bertz CT molecular complexity index is 863. The largest absolute Gasteiger partial charge is 0.466 e. The van der Waals surface area contributed by atoms with E-state index in [1.165, 1.54) is 7.11 Å². The number of halogens is 1. The standard InChI is InChI=1S/C22H23BrN2O3/c1-28-22(27)19-15-25(18-5-3-2-4-6-18)14-13-20(19)24-21(26)12-9-16-7-10-17(23)11-8-16/h2-8,10-11H,9,12-15H2,1H3,(H,24,26). The smallest absolute Gasteiger partial charge is 0.337 e.